The van der Waals surface area contributed by atoms with E-state index in [0.717, 1.165) is 49.0 Å². The van der Waals surface area contributed by atoms with Gasteiger partial charge in [0, 0.05) is 25.4 Å². The van der Waals surface area contributed by atoms with E-state index in [2.05, 4.69) is 50.3 Å². The van der Waals surface area contributed by atoms with Crippen LogP contribution in [-0.2, 0) is 25.7 Å². The summed E-state index contributed by atoms with van der Waals surface area (Å²) in [7, 11) is 9.80. The standard InChI is InChI=1S/C37H40N2O6.2ClH.5H2O/c1-38-14-12-24-19-32(42-4)33-21-27(24)28(38)16-22-6-9-26(10-7-22)44-37-35-25(20-34(43-5)36(37)41)13-15-39(2,3)29(35)17-23-8-11-30(40)31(18-23)45-33;;;;;;;/h6-11,18-21,28-29H,12-17H2,1-5H3,(H-,40,41);2*1H;5*1H2/t28-,29-;;;;;;;/m1......./s1. The zero-order valence-corrected chi connectivity index (χ0v) is 31.5. The Morgan fingerprint density at radius 2 is 1.38 bits per heavy atom. The predicted molar refractivity (Wildman–Crippen MR) is 198 cm³/mol. The quantitative estimate of drug-likeness (QED) is 0.264. The lowest BCUT2D eigenvalue weighted by molar-refractivity contribution is -0.923. The molecule has 0 spiro atoms. The van der Waals surface area contributed by atoms with Crippen LogP contribution in [0.3, 0.4) is 0 Å². The second-order valence-electron chi connectivity index (χ2n) is 13.1. The lowest BCUT2D eigenvalue weighted by Crippen LogP contribution is -3.00. The Bertz CT molecular complexity index is 1790. The zero-order valence-electron chi connectivity index (χ0n) is 29.9. The van der Waals surface area contributed by atoms with Gasteiger partial charge in [-0.15, -0.1) is 12.4 Å². The summed E-state index contributed by atoms with van der Waals surface area (Å²) in [4.78, 5) is 2.38. The summed E-state index contributed by atoms with van der Waals surface area (Å²) in [6.07, 6.45) is 3.16. The van der Waals surface area contributed by atoms with Crippen molar-refractivity contribution in [3.63, 3.8) is 0 Å². The topological polar surface area (TPSA) is 238 Å². The van der Waals surface area contributed by atoms with Gasteiger partial charge in [-0.1, -0.05) is 18.2 Å². The first-order chi connectivity index (χ1) is 21.6. The Labute approximate surface area is 316 Å². The Balaban J connectivity index is 0.00000372. The van der Waals surface area contributed by atoms with Crippen LogP contribution in [0.2, 0.25) is 0 Å². The van der Waals surface area contributed by atoms with Crippen molar-refractivity contribution in [1.82, 2.24) is 4.90 Å². The highest BCUT2D eigenvalue weighted by Gasteiger charge is 2.41. The molecule has 290 valence electrons. The lowest BCUT2D eigenvalue weighted by Gasteiger charge is -2.43. The molecule has 6 bridgehead atoms. The fraction of sp³-hybridized carbons (Fsp3) is 0.351. The number of aromatic hydroxyl groups is 2. The van der Waals surface area contributed by atoms with Crippen LogP contribution in [0.4, 0.5) is 0 Å². The summed E-state index contributed by atoms with van der Waals surface area (Å²) in [5.41, 5.74) is 6.66. The van der Waals surface area contributed by atoms with Crippen molar-refractivity contribution >= 4 is 12.4 Å². The van der Waals surface area contributed by atoms with Gasteiger partial charge in [0.05, 0.1) is 40.4 Å². The summed E-state index contributed by atoms with van der Waals surface area (Å²) in [5, 5.41) is 22.4. The van der Waals surface area contributed by atoms with Crippen LogP contribution in [0.15, 0.2) is 60.7 Å². The molecule has 4 aromatic carbocycles. The van der Waals surface area contributed by atoms with Crippen LogP contribution >= 0.6 is 12.4 Å². The van der Waals surface area contributed by atoms with Crippen molar-refractivity contribution in [1.29, 1.82) is 0 Å². The summed E-state index contributed by atoms with van der Waals surface area (Å²) >= 11 is 0. The van der Waals surface area contributed by atoms with E-state index in [-0.39, 0.29) is 75.8 Å². The number of benzene rings is 4. The number of hydrogen-bond acceptors (Lipinski definition) is 7. The molecule has 0 radical (unpaired) electrons. The molecule has 52 heavy (non-hydrogen) atoms. The third-order valence-corrected chi connectivity index (χ3v) is 9.99. The molecule has 4 aromatic rings. The van der Waals surface area contributed by atoms with Crippen LogP contribution in [0.1, 0.15) is 45.5 Å². The summed E-state index contributed by atoms with van der Waals surface area (Å²) in [6.45, 7) is 1.84. The van der Waals surface area contributed by atoms with Crippen LogP contribution in [0.25, 0.3) is 0 Å². The molecular weight excluding hydrogens is 719 g/mol. The first-order valence-corrected chi connectivity index (χ1v) is 15.6. The van der Waals surface area contributed by atoms with E-state index in [0.29, 0.717) is 45.4 Å². The number of phenols is 2. The monoisotopic (exact) mass is 770 g/mol. The van der Waals surface area contributed by atoms with E-state index in [9.17, 15) is 10.2 Å². The molecule has 0 amide bonds. The van der Waals surface area contributed by atoms with E-state index in [1.807, 2.05) is 30.3 Å². The van der Waals surface area contributed by atoms with Crippen LogP contribution in [-0.4, -0.2) is 95.4 Å². The van der Waals surface area contributed by atoms with E-state index in [1.165, 1.54) is 16.7 Å². The molecule has 8 rings (SSSR count). The van der Waals surface area contributed by atoms with E-state index in [1.54, 1.807) is 20.3 Å². The van der Waals surface area contributed by atoms with Gasteiger partial charge < -0.3 is 73.4 Å². The number of phenolic OH excluding ortho intramolecular Hbond substituents is 2. The summed E-state index contributed by atoms with van der Waals surface area (Å²) < 4.78 is 25.2. The SMILES string of the molecule is COc1cc2c3cc1Oc1cc(ccc1O)C[C@@H]1c4c(cc(OC)c(O)c4Oc4ccc(cc4)C[C@H]3N(C)CC2)CC[N+]1(C)C.Cl.O.O.O.O.O.[Cl-]. The second kappa shape index (κ2) is 18.6. The number of rotatable bonds is 2. The normalized spacial score (nSPS) is 17.5. The van der Waals surface area contributed by atoms with Gasteiger partial charge >= 0.3 is 0 Å². The van der Waals surface area contributed by atoms with Crippen LogP contribution < -0.4 is 31.4 Å². The number of halogens is 2. The highest BCUT2D eigenvalue weighted by atomic mass is 35.5. The third-order valence-electron chi connectivity index (χ3n) is 9.99. The molecule has 0 saturated heterocycles. The Morgan fingerprint density at radius 3 is 2.04 bits per heavy atom. The number of likely N-dealkylation sites (N-methyl/N-ethyl adjacent to an activating group) is 2. The fourth-order valence-corrected chi connectivity index (χ4v) is 7.27. The first-order valence-electron chi connectivity index (χ1n) is 15.6. The molecule has 15 heteroatoms. The van der Waals surface area contributed by atoms with Gasteiger partial charge in [-0.25, -0.2) is 0 Å². The highest BCUT2D eigenvalue weighted by Crippen LogP contribution is 2.51. The molecule has 13 nitrogen and oxygen atoms in total. The van der Waals surface area contributed by atoms with Gasteiger partial charge in [-0.2, -0.15) is 0 Å². The van der Waals surface area contributed by atoms with Gasteiger partial charge in [0.2, 0.25) is 5.75 Å². The number of ether oxygens (including phenoxy) is 4. The van der Waals surface area contributed by atoms with Gasteiger partial charge in [0.1, 0.15) is 11.8 Å². The molecule has 12 N–H and O–H groups in total. The minimum atomic E-state index is -0.0503. The average molecular weight is 772 g/mol. The minimum Gasteiger partial charge on any atom is -1.00 e. The molecule has 4 aliphatic rings. The fourth-order valence-electron chi connectivity index (χ4n) is 7.27. The van der Waals surface area contributed by atoms with E-state index in [4.69, 9.17) is 18.9 Å². The second-order valence-corrected chi connectivity index (χ2v) is 13.1. The number of hydrogen-bond donors (Lipinski definition) is 2. The zero-order chi connectivity index (χ0) is 31.5. The van der Waals surface area contributed by atoms with Crippen LogP contribution in [0, 0.1) is 0 Å². The smallest absolute Gasteiger partial charge is 0.201 e. The third kappa shape index (κ3) is 8.60. The van der Waals surface area contributed by atoms with Gasteiger partial charge in [0.25, 0.3) is 0 Å². The molecule has 0 fully saturated rings. The Hall–Kier alpha value is -4.02. The van der Waals surface area contributed by atoms with Gasteiger partial charge in [-0.05, 0) is 90.2 Å². The van der Waals surface area contributed by atoms with Crippen molar-refractivity contribution in [3.8, 4) is 46.0 Å². The van der Waals surface area contributed by atoms with Crippen molar-refractivity contribution in [2.75, 3.05) is 48.5 Å². The first kappa shape index (κ1) is 48.0. The largest absolute Gasteiger partial charge is 1.00 e. The highest BCUT2D eigenvalue weighted by molar-refractivity contribution is 5.85. The molecule has 2 atom stereocenters. The maximum atomic E-state index is 11.5. The Kier molecular flexibility index (Phi) is 17.2. The summed E-state index contributed by atoms with van der Waals surface area (Å²) in [6, 6.07) is 19.9. The van der Waals surface area contributed by atoms with Crippen molar-refractivity contribution < 1.29 is 73.4 Å². The van der Waals surface area contributed by atoms with Crippen molar-refractivity contribution in [2.45, 2.75) is 37.8 Å². The molecule has 0 unspecified atom stereocenters. The van der Waals surface area contributed by atoms with Crippen molar-refractivity contribution in [3.05, 3.63) is 94.0 Å². The molecular formula is C37H52Cl2N2O11. The summed E-state index contributed by atoms with van der Waals surface area (Å²) in [5.74, 6) is 3.14. The molecule has 0 aromatic heterocycles. The lowest BCUT2D eigenvalue weighted by atomic mass is 9.86. The molecule has 4 aliphatic heterocycles. The van der Waals surface area contributed by atoms with E-state index >= 15 is 0 Å². The Morgan fingerprint density at radius 1 is 0.750 bits per heavy atom. The van der Waals surface area contributed by atoms with E-state index < -0.39 is 0 Å². The molecule has 0 aliphatic carbocycles. The number of methoxy groups -OCH3 is 2. The number of nitrogens with zero attached hydrogens (tertiary/aromatic N) is 2. The minimum absolute atomic E-state index is 0. The van der Waals surface area contributed by atoms with Gasteiger partial charge in [-0.3, -0.25) is 4.90 Å². The van der Waals surface area contributed by atoms with Crippen molar-refractivity contribution in [2.24, 2.45) is 0 Å². The number of fused-ring (bicyclic) bond motifs is 2. The number of quaternary nitrogens is 1. The average Bonchev–Trinajstić information content (AvgIpc) is 3.03. The maximum absolute atomic E-state index is 11.5. The van der Waals surface area contributed by atoms with Gasteiger partial charge in [0.15, 0.2) is 34.5 Å². The van der Waals surface area contributed by atoms with Crippen LogP contribution in [0.5, 0.6) is 46.0 Å². The predicted octanol–water partition coefficient (Wildman–Crippen LogP) is 0.00330. The molecule has 4 heterocycles. The maximum Gasteiger partial charge on any atom is 0.201 e. The molecule has 0 saturated carbocycles.